The fourth-order valence-corrected chi connectivity index (χ4v) is 2.84. The van der Waals surface area contributed by atoms with Gasteiger partial charge in [-0.1, -0.05) is 18.1 Å². The van der Waals surface area contributed by atoms with Gasteiger partial charge in [-0.05, 0) is 42.8 Å². The van der Waals surface area contributed by atoms with Crippen LogP contribution in [0.1, 0.15) is 36.0 Å². The number of anilines is 2. The predicted molar refractivity (Wildman–Crippen MR) is 109 cm³/mol. The van der Waals surface area contributed by atoms with Gasteiger partial charge in [-0.3, -0.25) is 14.4 Å². The monoisotopic (exact) mass is 486 g/mol. The molecular formula is C22H16F6N2O4. The first-order chi connectivity index (χ1) is 15.7. The molecule has 0 aromatic heterocycles. The minimum Gasteiger partial charge on any atom is -0.481 e. The van der Waals surface area contributed by atoms with Crippen LogP contribution in [0.2, 0.25) is 0 Å². The molecule has 1 atom stereocenters. The maximum Gasteiger partial charge on any atom is 0.418 e. The number of benzene rings is 2. The van der Waals surface area contributed by atoms with Crippen LogP contribution in [-0.2, 0) is 26.7 Å². The van der Waals surface area contributed by atoms with Gasteiger partial charge >= 0.3 is 30.1 Å². The van der Waals surface area contributed by atoms with Crippen LogP contribution in [0.5, 0.6) is 0 Å². The van der Waals surface area contributed by atoms with Gasteiger partial charge in [0.25, 0.3) is 0 Å². The van der Waals surface area contributed by atoms with E-state index in [0.717, 1.165) is 0 Å². The molecule has 0 aliphatic carbocycles. The maximum absolute atomic E-state index is 13.1. The number of hydrogen-bond acceptors (Lipinski definition) is 3. The zero-order valence-electron chi connectivity index (χ0n) is 17.3. The Bertz CT molecular complexity index is 1150. The van der Waals surface area contributed by atoms with E-state index >= 15 is 0 Å². The highest BCUT2D eigenvalue weighted by molar-refractivity contribution is 6.43. The lowest BCUT2D eigenvalue weighted by molar-refractivity contribution is -0.141. The van der Waals surface area contributed by atoms with Crippen molar-refractivity contribution in [2.75, 3.05) is 10.6 Å². The van der Waals surface area contributed by atoms with Gasteiger partial charge in [0.1, 0.15) is 0 Å². The van der Waals surface area contributed by atoms with E-state index in [1.54, 1.807) is 5.32 Å². The molecule has 12 heteroatoms. The van der Waals surface area contributed by atoms with Crippen molar-refractivity contribution in [1.29, 1.82) is 0 Å². The first-order valence-corrected chi connectivity index (χ1v) is 9.37. The summed E-state index contributed by atoms with van der Waals surface area (Å²) >= 11 is 0. The maximum atomic E-state index is 13.1. The Hall–Kier alpha value is -4.01. The molecular weight excluding hydrogens is 470 g/mol. The molecule has 34 heavy (non-hydrogen) atoms. The topological polar surface area (TPSA) is 95.5 Å². The van der Waals surface area contributed by atoms with Crippen molar-refractivity contribution in [3.05, 3.63) is 59.2 Å². The normalized spacial score (nSPS) is 12.2. The van der Waals surface area contributed by atoms with Gasteiger partial charge in [0.2, 0.25) is 0 Å². The second-order valence-electron chi connectivity index (χ2n) is 6.83. The highest BCUT2D eigenvalue weighted by atomic mass is 19.4. The van der Waals surface area contributed by atoms with Gasteiger partial charge in [0.15, 0.2) is 0 Å². The van der Waals surface area contributed by atoms with Crippen molar-refractivity contribution >= 4 is 29.2 Å². The molecule has 0 heterocycles. The molecule has 0 fully saturated rings. The zero-order valence-corrected chi connectivity index (χ0v) is 17.3. The summed E-state index contributed by atoms with van der Waals surface area (Å²) in [4.78, 5) is 35.1. The Morgan fingerprint density at radius 1 is 0.912 bits per heavy atom. The highest BCUT2D eigenvalue weighted by Gasteiger charge is 2.37. The number of nitrogens with one attached hydrogen (secondary N) is 2. The standard InChI is InChI=1S/C22H16F6N2O4/c1-2-3-13(10-18(31)32)12-4-7-15(8-5-12)29-19(33)20(34)30-17-11-14(21(23,24)25)6-9-16(17)22(26,27)28/h4-9,11,13H,10H2,1H3,(H,29,33)(H,30,34)(H,31,32). The van der Waals surface area contributed by atoms with E-state index < -0.39 is 52.9 Å². The highest BCUT2D eigenvalue weighted by Crippen LogP contribution is 2.39. The van der Waals surface area contributed by atoms with Crippen molar-refractivity contribution in [1.82, 2.24) is 0 Å². The average molecular weight is 486 g/mol. The molecule has 3 N–H and O–H groups in total. The zero-order chi connectivity index (χ0) is 25.7. The summed E-state index contributed by atoms with van der Waals surface area (Å²) < 4.78 is 78.0. The summed E-state index contributed by atoms with van der Waals surface area (Å²) in [5.74, 6) is 0.516. The van der Waals surface area contributed by atoms with Crippen LogP contribution in [0.4, 0.5) is 37.7 Å². The van der Waals surface area contributed by atoms with E-state index in [9.17, 15) is 40.7 Å². The van der Waals surface area contributed by atoms with Crippen LogP contribution in [-0.4, -0.2) is 22.9 Å². The van der Waals surface area contributed by atoms with E-state index in [4.69, 9.17) is 5.11 Å². The molecule has 0 saturated carbocycles. The van der Waals surface area contributed by atoms with Crippen LogP contribution in [0.3, 0.4) is 0 Å². The third kappa shape index (κ3) is 6.99. The molecule has 0 bridgehead atoms. The number of carbonyl (C=O) groups is 3. The summed E-state index contributed by atoms with van der Waals surface area (Å²) in [5.41, 5.74) is -3.71. The van der Waals surface area contributed by atoms with Crippen molar-refractivity contribution in [2.24, 2.45) is 0 Å². The Morgan fingerprint density at radius 3 is 2.00 bits per heavy atom. The molecule has 2 rings (SSSR count). The minimum absolute atomic E-state index is 0.0301. The molecule has 0 radical (unpaired) electrons. The number of carboxylic acid groups (broad SMARTS) is 1. The quantitative estimate of drug-likeness (QED) is 0.319. The van der Waals surface area contributed by atoms with Crippen LogP contribution in [0.15, 0.2) is 42.5 Å². The number of amides is 2. The van der Waals surface area contributed by atoms with E-state index in [1.165, 1.54) is 31.2 Å². The molecule has 0 aliphatic rings. The Kier molecular flexibility index (Phi) is 7.94. The Morgan fingerprint density at radius 2 is 1.50 bits per heavy atom. The molecule has 180 valence electrons. The lowest BCUT2D eigenvalue weighted by atomic mass is 9.96. The lowest BCUT2D eigenvalue weighted by Gasteiger charge is -2.16. The summed E-state index contributed by atoms with van der Waals surface area (Å²) in [5, 5.41) is 12.6. The second-order valence-corrected chi connectivity index (χ2v) is 6.83. The summed E-state index contributed by atoms with van der Waals surface area (Å²) in [6.45, 7) is 1.52. The summed E-state index contributed by atoms with van der Waals surface area (Å²) in [6.07, 6.45) is -10.4. The van der Waals surface area contributed by atoms with Crippen LogP contribution < -0.4 is 10.6 Å². The Balaban J connectivity index is 2.20. The van der Waals surface area contributed by atoms with Gasteiger partial charge in [0, 0.05) is 5.69 Å². The van der Waals surface area contributed by atoms with Gasteiger partial charge < -0.3 is 15.7 Å². The number of carboxylic acids is 1. The first-order valence-electron chi connectivity index (χ1n) is 9.37. The second kappa shape index (κ2) is 10.3. The minimum atomic E-state index is -5.09. The van der Waals surface area contributed by atoms with Crippen molar-refractivity contribution < 1.29 is 45.8 Å². The molecule has 2 amide bonds. The number of alkyl halides is 6. The first kappa shape index (κ1) is 26.2. The van der Waals surface area contributed by atoms with E-state index in [0.29, 0.717) is 5.56 Å². The number of halogens is 6. The van der Waals surface area contributed by atoms with Crippen LogP contribution >= 0.6 is 0 Å². The van der Waals surface area contributed by atoms with Crippen molar-refractivity contribution in [3.63, 3.8) is 0 Å². The van der Waals surface area contributed by atoms with Gasteiger partial charge in [-0.15, -0.1) is 5.92 Å². The largest absolute Gasteiger partial charge is 0.481 e. The SMILES string of the molecule is CC#CC(CC(=O)O)c1ccc(NC(=O)C(=O)Nc2cc(C(F)(F)F)ccc2C(F)(F)F)cc1. The third-order valence-electron chi connectivity index (χ3n) is 4.37. The van der Waals surface area contributed by atoms with Crippen LogP contribution in [0.25, 0.3) is 0 Å². The predicted octanol–water partition coefficient (Wildman–Crippen LogP) is 4.88. The smallest absolute Gasteiger partial charge is 0.418 e. The molecule has 6 nitrogen and oxygen atoms in total. The van der Waals surface area contributed by atoms with E-state index in [1.807, 2.05) is 0 Å². The van der Waals surface area contributed by atoms with Gasteiger partial charge in [-0.2, -0.15) is 26.3 Å². The number of carbonyl (C=O) groups excluding carboxylic acids is 2. The number of aliphatic carboxylic acids is 1. The van der Waals surface area contributed by atoms with E-state index in [2.05, 4.69) is 17.2 Å². The molecule has 2 aromatic rings. The van der Waals surface area contributed by atoms with Crippen molar-refractivity contribution in [3.8, 4) is 11.8 Å². The molecule has 1 unspecified atom stereocenters. The fourth-order valence-electron chi connectivity index (χ4n) is 2.84. The summed E-state index contributed by atoms with van der Waals surface area (Å²) in [7, 11) is 0. The molecule has 0 spiro atoms. The number of rotatable bonds is 5. The van der Waals surface area contributed by atoms with Gasteiger partial charge in [0.05, 0.1) is 29.2 Å². The Labute approximate surface area is 189 Å². The van der Waals surface area contributed by atoms with Crippen LogP contribution in [0, 0.1) is 11.8 Å². The fraction of sp³-hybridized carbons (Fsp3) is 0.227. The molecule has 2 aromatic carbocycles. The van der Waals surface area contributed by atoms with Gasteiger partial charge in [-0.25, -0.2) is 0 Å². The van der Waals surface area contributed by atoms with E-state index in [-0.39, 0.29) is 30.3 Å². The average Bonchev–Trinajstić information content (AvgIpc) is 2.72. The van der Waals surface area contributed by atoms with Crippen molar-refractivity contribution in [2.45, 2.75) is 31.6 Å². The third-order valence-corrected chi connectivity index (χ3v) is 4.37. The number of hydrogen-bond donors (Lipinski definition) is 3. The lowest BCUT2D eigenvalue weighted by Crippen LogP contribution is -2.30. The molecule has 0 saturated heterocycles. The molecule has 0 aliphatic heterocycles. The summed E-state index contributed by atoms with van der Waals surface area (Å²) in [6, 6.07) is 5.92.